The van der Waals surface area contributed by atoms with Crippen molar-refractivity contribution in [2.75, 3.05) is 0 Å². The Morgan fingerprint density at radius 2 is 1.86 bits per heavy atom. The van der Waals surface area contributed by atoms with Gasteiger partial charge in [0.05, 0.1) is 4.47 Å². The molecule has 3 nitrogen and oxygen atoms in total. The van der Waals surface area contributed by atoms with Crippen LogP contribution >= 0.6 is 15.9 Å². The van der Waals surface area contributed by atoms with E-state index in [0.717, 1.165) is 23.1 Å². The largest absolute Gasteiger partial charge is 0.325 e. The summed E-state index contributed by atoms with van der Waals surface area (Å²) in [6.45, 7) is 4.09. The van der Waals surface area contributed by atoms with Gasteiger partial charge in [0.2, 0.25) is 0 Å². The lowest BCUT2D eigenvalue weighted by atomic mass is 9.84. The molecule has 0 aromatic carbocycles. The molecule has 0 unspecified atom stereocenters. The molecule has 1 fully saturated rings. The third kappa shape index (κ3) is 1.46. The number of nitrogens with zero attached hydrogens (tertiary/aromatic N) is 2. The summed E-state index contributed by atoms with van der Waals surface area (Å²) in [5.41, 5.74) is 5.93. The maximum absolute atomic E-state index is 6.15. The molecule has 2 rings (SSSR count). The molecule has 0 atom stereocenters. The first-order valence-electron chi connectivity index (χ1n) is 4.73. The summed E-state index contributed by atoms with van der Waals surface area (Å²) in [6.07, 6.45) is 5.76. The van der Waals surface area contributed by atoms with E-state index in [4.69, 9.17) is 5.73 Å². The second kappa shape index (κ2) is 3.00. The average Bonchev–Trinajstić information content (AvgIpc) is 2.84. The molecular weight excluding hydrogens is 242 g/mol. The van der Waals surface area contributed by atoms with Gasteiger partial charge in [-0.3, -0.25) is 0 Å². The van der Waals surface area contributed by atoms with Gasteiger partial charge >= 0.3 is 0 Å². The summed E-state index contributed by atoms with van der Waals surface area (Å²) < 4.78 is 0.909. The van der Waals surface area contributed by atoms with Crippen molar-refractivity contribution in [3.8, 4) is 0 Å². The fourth-order valence-electron chi connectivity index (χ4n) is 1.84. The van der Waals surface area contributed by atoms with Gasteiger partial charge in [-0.1, -0.05) is 0 Å². The van der Waals surface area contributed by atoms with Gasteiger partial charge in [0.25, 0.3) is 0 Å². The van der Waals surface area contributed by atoms with Crippen molar-refractivity contribution in [1.29, 1.82) is 0 Å². The number of rotatable bonds is 2. The van der Waals surface area contributed by atoms with E-state index >= 15 is 0 Å². The summed E-state index contributed by atoms with van der Waals surface area (Å²) in [5, 5.41) is 0. The monoisotopic (exact) mass is 255 g/mol. The van der Waals surface area contributed by atoms with Gasteiger partial charge in [-0.25, -0.2) is 9.97 Å². The van der Waals surface area contributed by atoms with E-state index in [0.29, 0.717) is 0 Å². The minimum Gasteiger partial charge on any atom is -0.325 e. The van der Waals surface area contributed by atoms with Crippen LogP contribution in [0.25, 0.3) is 0 Å². The third-order valence-electron chi connectivity index (χ3n) is 3.03. The normalized spacial score (nSPS) is 19.4. The highest BCUT2D eigenvalue weighted by atomic mass is 79.9. The van der Waals surface area contributed by atoms with E-state index in [2.05, 4.69) is 25.9 Å². The number of halogens is 1. The Kier molecular flexibility index (Phi) is 2.16. The van der Waals surface area contributed by atoms with Crippen LogP contribution in [0.5, 0.6) is 0 Å². The highest BCUT2D eigenvalue weighted by molar-refractivity contribution is 9.10. The van der Waals surface area contributed by atoms with E-state index < -0.39 is 0 Å². The maximum Gasteiger partial charge on any atom is 0.136 e. The van der Waals surface area contributed by atoms with Crippen LogP contribution in [0, 0.1) is 0 Å². The topological polar surface area (TPSA) is 51.8 Å². The van der Waals surface area contributed by atoms with Crippen LogP contribution in [0.1, 0.15) is 32.5 Å². The van der Waals surface area contributed by atoms with Gasteiger partial charge < -0.3 is 5.73 Å². The van der Waals surface area contributed by atoms with Crippen LogP contribution in [0.4, 0.5) is 0 Å². The standard InChI is InChI=1S/C10H14BrN3/c1-9(2,12)10(3-4-10)8-13-5-7(11)6-14-8/h5-6H,3-4,12H2,1-2H3. The molecule has 0 aliphatic heterocycles. The lowest BCUT2D eigenvalue weighted by Crippen LogP contribution is -2.46. The molecule has 1 aliphatic rings. The van der Waals surface area contributed by atoms with Crippen molar-refractivity contribution in [2.24, 2.45) is 5.73 Å². The first-order chi connectivity index (χ1) is 6.46. The summed E-state index contributed by atoms with van der Waals surface area (Å²) >= 11 is 3.33. The molecule has 1 aliphatic carbocycles. The van der Waals surface area contributed by atoms with Crippen molar-refractivity contribution in [3.05, 3.63) is 22.7 Å². The maximum atomic E-state index is 6.15. The zero-order valence-corrected chi connectivity index (χ0v) is 10.0. The van der Waals surface area contributed by atoms with E-state index in [1.807, 2.05) is 13.8 Å². The molecule has 2 N–H and O–H groups in total. The molecule has 0 bridgehead atoms. The van der Waals surface area contributed by atoms with Crippen LogP contribution in [0.15, 0.2) is 16.9 Å². The molecule has 0 saturated heterocycles. The van der Waals surface area contributed by atoms with Crippen molar-refractivity contribution < 1.29 is 0 Å². The Labute approximate surface area is 92.3 Å². The highest BCUT2D eigenvalue weighted by Gasteiger charge is 2.56. The van der Waals surface area contributed by atoms with E-state index in [9.17, 15) is 0 Å². The van der Waals surface area contributed by atoms with Crippen LogP contribution < -0.4 is 5.73 Å². The van der Waals surface area contributed by atoms with Gasteiger partial charge in [0.1, 0.15) is 5.82 Å². The van der Waals surface area contributed by atoms with Crippen LogP contribution in [-0.4, -0.2) is 15.5 Å². The van der Waals surface area contributed by atoms with Gasteiger partial charge in [-0.15, -0.1) is 0 Å². The van der Waals surface area contributed by atoms with Gasteiger partial charge in [0.15, 0.2) is 0 Å². The van der Waals surface area contributed by atoms with E-state index in [1.165, 1.54) is 0 Å². The molecule has 1 aromatic heterocycles. The second-order valence-electron chi connectivity index (χ2n) is 4.53. The lowest BCUT2D eigenvalue weighted by molar-refractivity contribution is 0.375. The smallest absolute Gasteiger partial charge is 0.136 e. The van der Waals surface area contributed by atoms with E-state index in [1.54, 1.807) is 12.4 Å². The Balaban J connectivity index is 2.36. The van der Waals surface area contributed by atoms with Crippen molar-refractivity contribution in [1.82, 2.24) is 9.97 Å². The number of hydrogen-bond donors (Lipinski definition) is 1. The zero-order chi connectivity index (χ0) is 10.4. The molecular formula is C10H14BrN3. The molecule has 0 spiro atoms. The predicted octanol–water partition coefficient (Wildman–Crippen LogP) is 2.01. The first kappa shape index (κ1) is 10.1. The molecule has 76 valence electrons. The quantitative estimate of drug-likeness (QED) is 0.880. The molecule has 14 heavy (non-hydrogen) atoms. The second-order valence-corrected chi connectivity index (χ2v) is 5.44. The number of nitrogens with two attached hydrogens (primary N) is 1. The Bertz CT molecular complexity index is 335. The average molecular weight is 256 g/mol. The zero-order valence-electron chi connectivity index (χ0n) is 8.42. The Hall–Kier alpha value is -0.480. The molecule has 0 radical (unpaired) electrons. The molecule has 1 heterocycles. The predicted molar refractivity (Wildman–Crippen MR) is 58.9 cm³/mol. The Morgan fingerprint density at radius 3 is 2.21 bits per heavy atom. The molecule has 1 aromatic rings. The molecule has 1 saturated carbocycles. The summed E-state index contributed by atoms with van der Waals surface area (Å²) in [4.78, 5) is 8.68. The Morgan fingerprint density at radius 1 is 1.36 bits per heavy atom. The van der Waals surface area contributed by atoms with E-state index in [-0.39, 0.29) is 11.0 Å². The fourth-order valence-corrected chi connectivity index (χ4v) is 2.05. The SMILES string of the molecule is CC(C)(N)C1(c2ncc(Br)cn2)CC1. The van der Waals surface area contributed by atoms with Gasteiger partial charge in [-0.2, -0.15) is 0 Å². The van der Waals surface area contributed by atoms with Crippen molar-refractivity contribution >= 4 is 15.9 Å². The molecule has 4 heteroatoms. The van der Waals surface area contributed by atoms with Crippen LogP contribution in [0.3, 0.4) is 0 Å². The first-order valence-corrected chi connectivity index (χ1v) is 5.52. The minimum absolute atomic E-state index is 0.00764. The lowest BCUT2D eigenvalue weighted by Gasteiger charge is -2.29. The summed E-state index contributed by atoms with van der Waals surface area (Å²) in [6, 6.07) is 0. The van der Waals surface area contributed by atoms with Crippen molar-refractivity contribution in [2.45, 2.75) is 37.6 Å². The minimum atomic E-state index is -0.235. The summed E-state index contributed by atoms with van der Waals surface area (Å²) in [7, 11) is 0. The summed E-state index contributed by atoms with van der Waals surface area (Å²) in [5.74, 6) is 0.883. The van der Waals surface area contributed by atoms with Gasteiger partial charge in [-0.05, 0) is 42.6 Å². The fraction of sp³-hybridized carbons (Fsp3) is 0.600. The van der Waals surface area contributed by atoms with Crippen LogP contribution in [-0.2, 0) is 5.41 Å². The van der Waals surface area contributed by atoms with Gasteiger partial charge in [0, 0.05) is 23.3 Å². The number of hydrogen-bond acceptors (Lipinski definition) is 3. The van der Waals surface area contributed by atoms with Crippen LogP contribution in [0.2, 0.25) is 0 Å². The highest BCUT2D eigenvalue weighted by Crippen LogP contribution is 2.53. The third-order valence-corrected chi connectivity index (χ3v) is 3.44. The number of aromatic nitrogens is 2. The molecule has 0 amide bonds. The van der Waals surface area contributed by atoms with Crippen molar-refractivity contribution in [3.63, 3.8) is 0 Å².